The predicted molar refractivity (Wildman–Crippen MR) is 171 cm³/mol. The number of benzene rings is 2. The van der Waals surface area contributed by atoms with Crippen molar-refractivity contribution in [1.82, 2.24) is 4.90 Å². The minimum atomic E-state index is -0.163. The highest BCUT2D eigenvalue weighted by atomic mass is 19.1. The third-order valence-electron chi connectivity index (χ3n) is 8.84. The molecule has 0 N–H and O–H groups in total. The third kappa shape index (κ3) is 8.27. The van der Waals surface area contributed by atoms with E-state index in [2.05, 4.69) is 86.6 Å². The van der Waals surface area contributed by atoms with Crippen LogP contribution in [-0.2, 0) is 6.42 Å². The van der Waals surface area contributed by atoms with Gasteiger partial charge in [-0.05, 0) is 124 Å². The highest BCUT2D eigenvalue weighted by Crippen LogP contribution is 2.46. The van der Waals surface area contributed by atoms with Crippen LogP contribution < -0.4 is 0 Å². The molecule has 2 unspecified atom stereocenters. The molecule has 40 heavy (non-hydrogen) atoms. The first kappa shape index (κ1) is 30.0. The molecule has 1 nitrogen and oxygen atoms in total. The highest BCUT2D eigenvalue weighted by molar-refractivity contribution is 5.53. The Morgan fingerprint density at radius 1 is 1.07 bits per heavy atom. The number of nitrogens with zero attached hydrogens (tertiary/aromatic N) is 1. The Labute approximate surface area is 242 Å². The van der Waals surface area contributed by atoms with Crippen molar-refractivity contribution in [2.24, 2.45) is 5.92 Å². The second-order valence-corrected chi connectivity index (χ2v) is 11.7. The minimum absolute atomic E-state index is 0.163. The maximum atomic E-state index is 13.8. The van der Waals surface area contributed by atoms with Gasteiger partial charge in [-0.25, -0.2) is 4.39 Å². The summed E-state index contributed by atoms with van der Waals surface area (Å²) in [5.41, 5.74) is 8.14. The lowest BCUT2D eigenvalue weighted by molar-refractivity contribution is 0.205. The number of piperidine rings is 1. The van der Waals surface area contributed by atoms with Gasteiger partial charge in [0.15, 0.2) is 0 Å². The molecule has 2 aromatic carbocycles. The van der Waals surface area contributed by atoms with E-state index in [0.717, 1.165) is 45.1 Å². The van der Waals surface area contributed by atoms with Gasteiger partial charge in [0.05, 0.1) is 0 Å². The van der Waals surface area contributed by atoms with Gasteiger partial charge in [0.25, 0.3) is 0 Å². The van der Waals surface area contributed by atoms with Crippen LogP contribution in [0.2, 0.25) is 0 Å². The lowest BCUT2D eigenvalue weighted by atomic mass is 9.69. The van der Waals surface area contributed by atoms with Crippen LogP contribution in [0.25, 0.3) is 6.08 Å². The molecule has 1 fully saturated rings. The average Bonchev–Trinajstić information content (AvgIpc) is 2.97. The quantitative estimate of drug-likeness (QED) is 0.192. The Balaban J connectivity index is 1.45. The number of hydrogen-bond acceptors (Lipinski definition) is 1. The number of fused-ring (bicyclic) bond motifs is 1. The van der Waals surface area contributed by atoms with Crippen molar-refractivity contribution in [1.29, 1.82) is 0 Å². The molecule has 2 atom stereocenters. The highest BCUT2D eigenvalue weighted by Gasteiger charge is 2.31. The third-order valence-corrected chi connectivity index (χ3v) is 8.84. The molecule has 1 aliphatic carbocycles. The first-order chi connectivity index (χ1) is 19.5. The molecular formula is C38H48FN. The van der Waals surface area contributed by atoms with Gasteiger partial charge >= 0.3 is 0 Å². The topological polar surface area (TPSA) is 3.24 Å². The first-order valence-corrected chi connectivity index (χ1v) is 15.4. The van der Waals surface area contributed by atoms with E-state index < -0.39 is 0 Å². The SMILES string of the molecule is C=CC1CCN(CCC(=C)C/C=C\C(=C/CC)CC2c3ccc(C=CC)cc3CCC2c2ccc(F)cc2)CC1. The molecule has 212 valence electrons. The standard InChI is InChI=1S/C38H48FN/c1-5-9-31(12-8-11-29(4)21-24-40-25-22-30(7-3)23-26-40)28-38-36(33-14-17-35(39)18-15-33)20-16-34-27-32(10-6-2)13-19-37(34)38/h6-10,12-15,17-19,27,30,36,38H,3-5,11,16,20-26,28H2,1-2H3/b10-6?,12-8-,31-9+. The summed E-state index contributed by atoms with van der Waals surface area (Å²) >= 11 is 0. The van der Waals surface area contributed by atoms with E-state index in [1.165, 1.54) is 59.3 Å². The second-order valence-electron chi connectivity index (χ2n) is 11.7. The Hall–Kier alpha value is -2.97. The predicted octanol–water partition coefficient (Wildman–Crippen LogP) is 10.2. The summed E-state index contributed by atoms with van der Waals surface area (Å²) < 4.78 is 13.8. The Kier molecular flexibility index (Phi) is 11.4. The molecule has 0 bridgehead atoms. The van der Waals surface area contributed by atoms with Crippen molar-refractivity contribution >= 4 is 6.08 Å². The van der Waals surface area contributed by atoms with Gasteiger partial charge < -0.3 is 4.90 Å². The van der Waals surface area contributed by atoms with Crippen LogP contribution in [0.1, 0.15) is 92.9 Å². The molecule has 1 heterocycles. The second kappa shape index (κ2) is 15.1. The van der Waals surface area contributed by atoms with Crippen molar-refractivity contribution < 1.29 is 4.39 Å². The fourth-order valence-electron chi connectivity index (χ4n) is 6.53. The normalized spacial score (nSPS) is 20.7. The summed E-state index contributed by atoms with van der Waals surface area (Å²) in [6.45, 7) is 16.1. The number of aryl methyl sites for hydroxylation is 1. The Morgan fingerprint density at radius 3 is 2.55 bits per heavy atom. The maximum Gasteiger partial charge on any atom is 0.123 e. The van der Waals surface area contributed by atoms with Crippen LogP contribution in [0.5, 0.6) is 0 Å². The van der Waals surface area contributed by atoms with Crippen LogP contribution in [0, 0.1) is 11.7 Å². The zero-order chi connectivity index (χ0) is 28.3. The Bertz CT molecular complexity index is 1210. The van der Waals surface area contributed by atoms with E-state index in [-0.39, 0.29) is 5.82 Å². The van der Waals surface area contributed by atoms with E-state index in [0.29, 0.717) is 17.8 Å². The Morgan fingerprint density at radius 2 is 1.85 bits per heavy atom. The number of rotatable bonds is 12. The number of allylic oxidation sites excluding steroid dienone is 6. The molecule has 2 aliphatic rings. The van der Waals surface area contributed by atoms with Crippen molar-refractivity contribution in [3.05, 3.63) is 125 Å². The lowest BCUT2D eigenvalue weighted by Gasteiger charge is -2.35. The molecule has 0 aromatic heterocycles. The molecule has 1 saturated heterocycles. The van der Waals surface area contributed by atoms with Crippen molar-refractivity contribution in [3.8, 4) is 0 Å². The average molecular weight is 538 g/mol. The summed E-state index contributed by atoms with van der Waals surface area (Å²) in [6, 6.07) is 14.2. The van der Waals surface area contributed by atoms with E-state index in [4.69, 9.17) is 0 Å². The molecule has 4 rings (SSSR count). The van der Waals surface area contributed by atoms with Gasteiger partial charge in [-0.2, -0.15) is 0 Å². The summed E-state index contributed by atoms with van der Waals surface area (Å²) in [7, 11) is 0. The molecule has 2 heteroatoms. The molecule has 1 aliphatic heterocycles. The van der Waals surface area contributed by atoms with E-state index >= 15 is 0 Å². The van der Waals surface area contributed by atoms with E-state index in [1.807, 2.05) is 12.1 Å². The lowest BCUT2D eigenvalue weighted by Crippen LogP contribution is -2.33. The molecule has 0 radical (unpaired) electrons. The van der Waals surface area contributed by atoms with Gasteiger partial charge in [0.2, 0.25) is 0 Å². The zero-order valence-electron chi connectivity index (χ0n) is 24.8. The molecule has 2 aromatic rings. The minimum Gasteiger partial charge on any atom is -0.303 e. The first-order valence-electron chi connectivity index (χ1n) is 15.4. The number of likely N-dealkylation sites (tertiary alicyclic amines) is 1. The van der Waals surface area contributed by atoms with Crippen LogP contribution in [0.15, 0.2) is 97.1 Å². The van der Waals surface area contributed by atoms with Gasteiger partial charge in [-0.15, -0.1) is 6.58 Å². The number of hydrogen-bond donors (Lipinski definition) is 0. The fourth-order valence-corrected chi connectivity index (χ4v) is 6.53. The van der Waals surface area contributed by atoms with Crippen LogP contribution >= 0.6 is 0 Å². The maximum absolute atomic E-state index is 13.8. The van der Waals surface area contributed by atoms with Gasteiger partial charge in [0, 0.05) is 6.54 Å². The van der Waals surface area contributed by atoms with E-state index in [9.17, 15) is 4.39 Å². The summed E-state index contributed by atoms with van der Waals surface area (Å²) in [6.07, 6.45) is 22.1. The number of halogens is 1. The van der Waals surface area contributed by atoms with Crippen molar-refractivity contribution in [2.75, 3.05) is 19.6 Å². The van der Waals surface area contributed by atoms with Crippen molar-refractivity contribution in [3.63, 3.8) is 0 Å². The largest absolute Gasteiger partial charge is 0.303 e. The van der Waals surface area contributed by atoms with E-state index in [1.54, 1.807) is 12.1 Å². The zero-order valence-corrected chi connectivity index (χ0v) is 24.8. The molecule has 0 saturated carbocycles. The molecular weight excluding hydrogens is 489 g/mol. The van der Waals surface area contributed by atoms with Crippen LogP contribution in [0.4, 0.5) is 4.39 Å². The van der Waals surface area contributed by atoms with Gasteiger partial charge in [0.1, 0.15) is 5.82 Å². The molecule has 0 amide bonds. The summed E-state index contributed by atoms with van der Waals surface area (Å²) in [5, 5.41) is 0. The monoisotopic (exact) mass is 537 g/mol. The van der Waals surface area contributed by atoms with Gasteiger partial charge in [-0.1, -0.05) is 91.4 Å². The fraction of sp³-hybridized carbons (Fsp3) is 0.421. The summed E-state index contributed by atoms with van der Waals surface area (Å²) in [5.74, 6) is 1.29. The molecule has 0 spiro atoms. The summed E-state index contributed by atoms with van der Waals surface area (Å²) in [4.78, 5) is 2.58. The smallest absolute Gasteiger partial charge is 0.123 e. The van der Waals surface area contributed by atoms with Gasteiger partial charge in [-0.3, -0.25) is 0 Å². The van der Waals surface area contributed by atoms with Crippen molar-refractivity contribution in [2.45, 2.75) is 77.0 Å². The van der Waals surface area contributed by atoms with Crippen LogP contribution in [-0.4, -0.2) is 24.5 Å². The van der Waals surface area contributed by atoms with Crippen LogP contribution in [0.3, 0.4) is 0 Å².